The summed E-state index contributed by atoms with van der Waals surface area (Å²) < 4.78 is 34.4. The molecule has 1 fully saturated rings. The highest BCUT2D eigenvalue weighted by molar-refractivity contribution is 5.92. The first-order valence-corrected chi connectivity index (χ1v) is 20.2. The van der Waals surface area contributed by atoms with Crippen LogP contribution in [0, 0.1) is 5.41 Å². The van der Waals surface area contributed by atoms with Crippen LogP contribution in [0.5, 0.6) is 23.0 Å². The largest absolute Gasteiger partial charge is 0.494 e. The van der Waals surface area contributed by atoms with E-state index in [0.717, 1.165) is 92.3 Å². The van der Waals surface area contributed by atoms with E-state index in [9.17, 15) is 9.59 Å². The van der Waals surface area contributed by atoms with Crippen LogP contribution >= 0.6 is 0 Å². The Kier molecular flexibility index (Phi) is 14.4. The van der Waals surface area contributed by atoms with Gasteiger partial charge in [0, 0.05) is 17.9 Å². The minimum atomic E-state index is -0.428. The standard InChI is InChI=1S/C47H56O8/c1-4-5-6-7-8-12-27-52-37-18-14-35(15-19-37)45(48)54-39-22-24-41-42-25-23-40(30-44(42)34(2)43(41)29-39)55-46(49)36-16-20-38(21-17-36)53-28-13-10-9-11-26-50-31-47(3)32-51-33-47/h14-25,29-30,34H,4-13,26-28,31-33H2,1-3H3. The second-order valence-corrected chi connectivity index (χ2v) is 15.3. The monoisotopic (exact) mass is 748 g/mol. The zero-order valence-corrected chi connectivity index (χ0v) is 32.7. The molecule has 0 amide bonds. The van der Waals surface area contributed by atoms with Gasteiger partial charge in [-0.25, -0.2) is 9.59 Å². The molecule has 1 heterocycles. The molecule has 4 aromatic carbocycles. The van der Waals surface area contributed by atoms with Gasteiger partial charge < -0.3 is 28.4 Å². The molecule has 0 radical (unpaired) electrons. The molecule has 2 aliphatic rings. The third kappa shape index (κ3) is 11.2. The topological polar surface area (TPSA) is 89.5 Å². The van der Waals surface area contributed by atoms with Crippen molar-refractivity contribution in [3.8, 4) is 34.1 Å². The molecule has 1 saturated heterocycles. The fraction of sp³-hybridized carbons (Fsp3) is 0.447. The van der Waals surface area contributed by atoms with Crippen LogP contribution in [-0.2, 0) is 9.47 Å². The Morgan fingerprint density at radius 3 is 1.49 bits per heavy atom. The van der Waals surface area contributed by atoms with Gasteiger partial charge in [-0.15, -0.1) is 0 Å². The highest BCUT2D eigenvalue weighted by Crippen LogP contribution is 2.47. The van der Waals surface area contributed by atoms with E-state index in [1.54, 1.807) is 24.3 Å². The minimum absolute atomic E-state index is 0.0197. The Labute approximate surface area is 326 Å². The molecule has 6 rings (SSSR count). The molecular weight excluding hydrogens is 693 g/mol. The molecule has 292 valence electrons. The number of fused-ring (bicyclic) bond motifs is 3. The highest BCUT2D eigenvalue weighted by Gasteiger charge is 2.33. The summed E-state index contributed by atoms with van der Waals surface area (Å²) >= 11 is 0. The number of unbranched alkanes of at least 4 members (excludes halogenated alkanes) is 8. The van der Waals surface area contributed by atoms with Crippen LogP contribution in [-0.4, -0.2) is 51.6 Å². The van der Waals surface area contributed by atoms with Crippen molar-refractivity contribution in [2.24, 2.45) is 5.41 Å². The predicted molar refractivity (Wildman–Crippen MR) is 215 cm³/mol. The highest BCUT2D eigenvalue weighted by atomic mass is 16.5. The molecule has 1 aliphatic carbocycles. The summed E-state index contributed by atoms with van der Waals surface area (Å²) in [5.41, 5.74) is 5.37. The number of benzene rings is 4. The van der Waals surface area contributed by atoms with E-state index in [2.05, 4.69) is 20.8 Å². The van der Waals surface area contributed by atoms with Gasteiger partial charge in [-0.2, -0.15) is 0 Å². The van der Waals surface area contributed by atoms with Crippen LogP contribution in [0.1, 0.15) is 123 Å². The van der Waals surface area contributed by atoms with Gasteiger partial charge in [0.05, 0.1) is 44.2 Å². The Bertz CT molecular complexity index is 1840. The van der Waals surface area contributed by atoms with E-state index < -0.39 is 11.9 Å². The van der Waals surface area contributed by atoms with Crippen molar-refractivity contribution >= 4 is 11.9 Å². The molecule has 1 unspecified atom stereocenters. The summed E-state index contributed by atoms with van der Waals surface area (Å²) in [5.74, 6) is 1.61. The van der Waals surface area contributed by atoms with Gasteiger partial charge in [0.1, 0.15) is 23.0 Å². The zero-order chi connectivity index (χ0) is 38.5. The number of carbonyl (C=O) groups is 2. The second-order valence-electron chi connectivity index (χ2n) is 15.3. The molecule has 8 heteroatoms. The Hall–Kier alpha value is -4.66. The lowest BCUT2D eigenvalue weighted by Gasteiger charge is -2.37. The van der Waals surface area contributed by atoms with Gasteiger partial charge in [-0.3, -0.25) is 0 Å². The third-order valence-electron chi connectivity index (χ3n) is 10.4. The van der Waals surface area contributed by atoms with Crippen molar-refractivity contribution in [2.75, 3.05) is 39.6 Å². The molecule has 1 aliphatic heterocycles. The molecule has 4 aromatic rings. The maximum absolute atomic E-state index is 13.1. The lowest BCUT2D eigenvalue weighted by Crippen LogP contribution is -2.43. The molecule has 1 atom stereocenters. The molecular formula is C47H56O8. The number of rotatable bonds is 22. The molecule has 8 nitrogen and oxygen atoms in total. The minimum Gasteiger partial charge on any atom is -0.494 e. The fourth-order valence-electron chi connectivity index (χ4n) is 7.06. The first-order valence-electron chi connectivity index (χ1n) is 20.2. The van der Waals surface area contributed by atoms with E-state index in [-0.39, 0.29) is 11.3 Å². The quantitative estimate of drug-likeness (QED) is 0.0446. The maximum atomic E-state index is 13.1. The summed E-state index contributed by atoms with van der Waals surface area (Å²) in [5, 5.41) is 0. The van der Waals surface area contributed by atoms with Crippen LogP contribution in [0.15, 0.2) is 84.9 Å². The molecule has 55 heavy (non-hydrogen) atoms. The normalized spacial score (nSPS) is 15.1. The molecule has 0 aromatic heterocycles. The molecule has 0 spiro atoms. The Balaban J connectivity index is 0.926. The average molecular weight is 749 g/mol. The van der Waals surface area contributed by atoms with Crippen molar-refractivity contribution < 1.29 is 38.0 Å². The number of hydrogen-bond acceptors (Lipinski definition) is 8. The van der Waals surface area contributed by atoms with Crippen LogP contribution in [0.3, 0.4) is 0 Å². The lowest BCUT2D eigenvalue weighted by molar-refractivity contribution is -0.137. The van der Waals surface area contributed by atoms with E-state index in [4.69, 9.17) is 28.4 Å². The average Bonchev–Trinajstić information content (AvgIpc) is 3.46. The van der Waals surface area contributed by atoms with Crippen LogP contribution in [0.2, 0.25) is 0 Å². The molecule has 0 bridgehead atoms. The molecule has 0 saturated carbocycles. The van der Waals surface area contributed by atoms with E-state index in [1.165, 1.54) is 32.1 Å². The van der Waals surface area contributed by atoms with Crippen molar-refractivity contribution in [1.82, 2.24) is 0 Å². The first-order chi connectivity index (χ1) is 26.8. The van der Waals surface area contributed by atoms with Crippen molar-refractivity contribution in [1.29, 1.82) is 0 Å². The van der Waals surface area contributed by atoms with Gasteiger partial charge in [0.25, 0.3) is 0 Å². The third-order valence-corrected chi connectivity index (χ3v) is 10.4. The van der Waals surface area contributed by atoms with Gasteiger partial charge in [0.15, 0.2) is 0 Å². The predicted octanol–water partition coefficient (Wildman–Crippen LogP) is 11.0. The van der Waals surface area contributed by atoms with E-state index in [0.29, 0.717) is 35.8 Å². The summed E-state index contributed by atoms with van der Waals surface area (Å²) in [6.07, 6.45) is 11.5. The number of ether oxygens (including phenoxy) is 6. The van der Waals surface area contributed by atoms with Crippen molar-refractivity contribution in [2.45, 2.75) is 90.9 Å². The van der Waals surface area contributed by atoms with Gasteiger partial charge >= 0.3 is 11.9 Å². The number of carbonyl (C=O) groups excluding carboxylic acids is 2. The zero-order valence-electron chi connectivity index (χ0n) is 32.7. The van der Waals surface area contributed by atoms with Crippen molar-refractivity contribution in [3.05, 3.63) is 107 Å². The Morgan fingerprint density at radius 2 is 1.04 bits per heavy atom. The first kappa shape index (κ1) is 40.0. The van der Waals surface area contributed by atoms with Crippen LogP contribution < -0.4 is 18.9 Å². The number of hydrogen-bond donors (Lipinski definition) is 0. The van der Waals surface area contributed by atoms with E-state index in [1.807, 2.05) is 60.7 Å². The summed E-state index contributed by atoms with van der Waals surface area (Å²) in [4.78, 5) is 26.1. The second kappa shape index (κ2) is 19.8. The van der Waals surface area contributed by atoms with Gasteiger partial charge in [0.2, 0.25) is 0 Å². The summed E-state index contributed by atoms with van der Waals surface area (Å²) in [6.45, 7) is 11.0. The van der Waals surface area contributed by atoms with Crippen LogP contribution in [0.25, 0.3) is 11.1 Å². The lowest BCUT2D eigenvalue weighted by atomic mass is 9.90. The summed E-state index contributed by atoms with van der Waals surface area (Å²) in [7, 11) is 0. The van der Waals surface area contributed by atoms with Crippen LogP contribution in [0.4, 0.5) is 0 Å². The fourth-order valence-corrected chi connectivity index (χ4v) is 7.06. The van der Waals surface area contributed by atoms with Gasteiger partial charge in [-0.1, -0.05) is 71.4 Å². The van der Waals surface area contributed by atoms with Crippen molar-refractivity contribution in [3.63, 3.8) is 0 Å². The van der Waals surface area contributed by atoms with Gasteiger partial charge in [-0.05, 0) is 121 Å². The summed E-state index contributed by atoms with van der Waals surface area (Å²) in [6, 6.07) is 25.7. The SMILES string of the molecule is CCCCCCCCOc1ccc(C(=O)Oc2ccc3c(c2)C(C)c2cc(OC(=O)c4ccc(OCCCCCCOCC5(C)COC5)cc4)ccc2-3)cc1. The smallest absolute Gasteiger partial charge is 0.343 e. The Morgan fingerprint density at radius 1 is 0.600 bits per heavy atom. The molecule has 0 N–H and O–H groups in total. The maximum Gasteiger partial charge on any atom is 0.343 e. The number of esters is 2. The van der Waals surface area contributed by atoms with E-state index >= 15 is 0 Å².